The number of carboxylic acid groups (broad SMARTS) is 1. The maximum Gasteiger partial charge on any atom is 0.403 e. The van der Waals surface area contributed by atoms with Gasteiger partial charge in [-0.15, -0.1) is 0 Å². The summed E-state index contributed by atoms with van der Waals surface area (Å²) >= 11 is 0. The summed E-state index contributed by atoms with van der Waals surface area (Å²) in [5.41, 5.74) is 0. The molecule has 9 heteroatoms. The molecule has 106 valence electrons. The summed E-state index contributed by atoms with van der Waals surface area (Å²) in [5.74, 6) is -7.69. The number of aliphatic carboxylic acids is 1. The summed E-state index contributed by atoms with van der Waals surface area (Å²) in [6, 6.07) is 3.08. The smallest absolute Gasteiger partial charge is 0.403 e. The number of carbonyl (C=O) groups is 1. The fourth-order valence-corrected chi connectivity index (χ4v) is 2.78. The fourth-order valence-electron chi connectivity index (χ4n) is 1.26. The molecule has 0 spiro atoms. The van der Waals surface area contributed by atoms with E-state index < -0.39 is 44.4 Å². The monoisotopic (exact) mass is 300 g/mol. The number of hydrogen-bond donors (Lipinski definition) is 1. The summed E-state index contributed by atoms with van der Waals surface area (Å²) in [4.78, 5) is 9.90. The van der Waals surface area contributed by atoms with Crippen molar-refractivity contribution in [3.8, 4) is 0 Å². The number of carboxylic acids is 1. The van der Waals surface area contributed by atoms with Gasteiger partial charge in [-0.3, -0.25) is 4.79 Å². The zero-order valence-electron chi connectivity index (χ0n) is 9.19. The van der Waals surface area contributed by atoms with E-state index in [9.17, 15) is 30.8 Å². The lowest BCUT2D eigenvalue weighted by atomic mass is 10.2. The second-order valence-corrected chi connectivity index (χ2v) is 5.70. The minimum atomic E-state index is -5.18. The highest BCUT2D eigenvalue weighted by atomic mass is 32.2. The molecule has 0 bridgehead atoms. The summed E-state index contributed by atoms with van der Waals surface area (Å²) in [6.07, 6.45) is -5.18. The Morgan fingerprint density at radius 3 is 2.05 bits per heavy atom. The molecule has 1 aromatic rings. The third-order valence-corrected chi connectivity index (χ3v) is 4.01. The van der Waals surface area contributed by atoms with Crippen LogP contribution in [0.15, 0.2) is 29.2 Å². The standard InChI is InChI=1S/C10H8F4O4S/c11-6-1-3-7(4-2-6)19(17,18)5-8(9(15)16)10(12,13)14/h1-4,8H,5H2,(H,15,16). The fraction of sp³-hybridized carbons (Fsp3) is 0.300. The van der Waals surface area contributed by atoms with Gasteiger partial charge in [0.2, 0.25) is 0 Å². The molecular weight excluding hydrogens is 292 g/mol. The van der Waals surface area contributed by atoms with Crippen LogP contribution in [0.4, 0.5) is 17.6 Å². The van der Waals surface area contributed by atoms with Gasteiger partial charge in [0.15, 0.2) is 15.8 Å². The van der Waals surface area contributed by atoms with E-state index in [-0.39, 0.29) is 0 Å². The maximum atomic E-state index is 12.6. The highest BCUT2D eigenvalue weighted by molar-refractivity contribution is 7.91. The van der Waals surface area contributed by atoms with E-state index in [0.29, 0.717) is 0 Å². The van der Waals surface area contributed by atoms with Crippen LogP contribution < -0.4 is 0 Å². The number of alkyl halides is 3. The molecule has 0 fully saturated rings. The van der Waals surface area contributed by atoms with Crippen LogP contribution in [-0.2, 0) is 14.6 Å². The molecule has 1 aromatic carbocycles. The van der Waals surface area contributed by atoms with Gasteiger partial charge in [-0.2, -0.15) is 13.2 Å². The van der Waals surface area contributed by atoms with Crippen molar-refractivity contribution in [2.24, 2.45) is 5.92 Å². The molecule has 0 heterocycles. The van der Waals surface area contributed by atoms with E-state index >= 15 is 0 Å². The van der Waals surface area contributed by atoms with Gasteiger partial charge in [-0.05, 0) is 24.3 Å². The van der Waals surface area contributed by atoms with E-state index in [0.717, 1.165) is 24.3 Å². The molecule has 19 heavy (non-hydrogen) atoms. The van der Waals surface area contributed by atoms with Crippen molar-refractivity contribution in [2.75, 3.05) is 5.75 Å². The zero-order chi connectivity index (χ0) is 14.8. The second kappa shape index (κ2) is 5.16. The molecule has 0 aromatic heterocycles. The number of hydrogen-bond acceptors (Lipinski definition) is 3. The Bertz CT molecular complexity index is 562. The first-order chi connectivity index (χ1) is 8.54. The summed E-state index contributed by atoms with van der Waals surface area (Å²) < 4.78 is 73.0. The van der Waals surface area contributed by atoms with Crippen LogP contribution >= 0.6 is 0 Å². The molecule has 1 rings (SSSR count). The average Bonchev–Trinajstić information content (AvgIpc) is 2.24. The van der Waals surface area contributed by atoms with E-state index in [1.807, 2.05) is 0 Å². The van der Waals surface area contributed by atoms with Crippen LogP contribution in [0.2, 0.25) is 0 Å². The van der Waals surface area contributed by atoms with Gasteiger partial charge < -0.3 is 5.11 Å². The SMILES string of the molecule is O=C(O)C(CS(=O)(=O)c1ccc(F)cc1)C(F)(F)F. The van der Waals surface area contributed by atoms with E-state index in [2.05, 4.69) is 0 Å². The lowest BCUT2D eigenvalue weighted by Gasteiger charge is -2.16. The molecule has 0 aliphatic rings. The normalized spacial score (nSPS) is 14.1. The van der Waals surface area contributed by atoms with Crippen LogP contribution in [0.3, 0.4) is 0 Å². The second-order valence-electron chi connectivity index (χ2n) is 3.67. The number of benzene rings is 1. The maximum absolute atomic E-state index is 12.6. The largest absolute Gasteiger partial charge is 0.481 e. The number of sulfone groups is 1. The minimum Gasteiger partial charge on any atom is -0.481 e. The van der Waals surface area contributed by atoms with E-state index in [1.165, 1.54) is 0 Å². The highest BCUT2D eigenvalue weighted by Gasteiger charge is 2.47. The molecule has 0 radical (unpaired) electrons. The van der Waals surface area contributed by atoms with Crippen molar-refractivity contribution in [3.05, 3.63) is 30.1 Å². The lowest BCUT2D eigenvalue weighted by molar-refractivity contribution is -0.189. The molecular formula is C10H8F4O4S. The van der Waals surface area contributed by atoms with Gasteiger partial charge in [0.05, 0.1) is 10.6 Å². The van der Waals surface area contributed by atoms with Gasteiger partial charge in [0.25, 0.3) is 0 Å². The molecule has 0 amide bonds. The molecule has 0 saturated heterocycles. The molecule has 4 nitrogen and oxygen atoms in total. The number of halogens is 4. The Morgan fingerprint density at radius 2 is 1.68 bits per heavy atom. The predicted octanol–water partition coefficient (Wildman–Crippen LogP) is 1.86. The highest BCUT2D eigenvalue weighted by Crippen LogP contribution is 2.29. The van der Waals surface area contributed by atoms with Gasteiger partial charge >= 0.3 is 12.1 Å². The van der Waals surface area contributed by atoms with Crippen molar-refractivity contribution >= 4 is 15.8 Å². The Morgan fingerprint density at radius 1 is 1.21 bits per heavy atom. The molecule has 1 atom stereocenters. The van der Waals surface area contributed by atoms with Crippen molar-refractivity contribution in [1.82, 2.24) is 0 Å². The van der Waals surface area contributed by atoms with Gasteiger partial charge in [-0.1, -0.05) is 0 Å². The Balaban J connectivity index is 3.08. The van der Waals surface area contributed by atoms with Crippen molar-refractivity contribution in [2.45, 2.75) is 11.1 Å². The first-order valence-corrected chi connectivity index (χ1v) is 6.47. The van der Waals surface area contributed by atoms with Crippen LogP contribution in [0, 0.1) is 11.7 Å². The van der Waals surface area contributed by atoms with E-state index in [1.54, 1.807) is 0 Å². The summed E-state index contributed by atoms with van der Waals surface area (Å²) in [5, 5.41) is 8.42. The average molecular weight is 300 g/mol. The zero-order valence-corrected chi connectivity index (χ0v) is 10.0. The Kier molecular flexibility index (Phi) is 4.18. The molecule has 1 N–H and O–H groups in total. The van der Waals surface area contributed by atoms with Crippen molar-refractivity contribution in [3.63, 3.8) is 0 Å². The van der Waals surface area contributed by atoms with Crippen LogP contribution in [0.5, 0.6) is 0 Å². The quantitative estimate of drug-likeness (QED) is 0.680. The van der Waals surface area contributed by atoms with Crippen LogP contribution in [-0.4, -0.2) is 31.4 Å². The van der Waals surface area contributed by atoms with Gasteiger partial charge in [0, 0.05) is 0 Å². The van der Waals surface area contributed by atoms with E-state index in [4.69, 9.17) is 5.11 Å². The first kappa shape index (κ1) is 15.4. The summed E-state index contributed by atoms with van der Waals surface area (Å²) in [6.45, 7) is 0. The molecule has 0 aliphatic carbocycles. The predicted molar refractivity (Wildman–Crippen MR) is 55.6 cm³/mol. The number of rotatable bonds is 4. The van der Waals surface area contributed by atoms with Gasteiger partial charge in [-0.25, -0.2) is 12.8 Å². The van der Waals surface area contributed by atoms with Crippen LogP contribution in [0.1, 0.15) is 0 Å². The van der Waals surface area contributed by atoms with Crippen LogP contribution in [0.25, 0.3) is 0 Å². The Labute approximate surface area is 105 Å². The van der Waals surface area contributed by atoms with Crippen molar-refractivity contribution in [1.29, 1.82) is 0 Å². The molecule has 0 saturated carbocycles. The Hall–Kier alpha value is -1.64. The first-order valence-electron chi connectivity index (χ1n) is 4.82. The summed E-state index contributed by atoms with van der Waals surface area (Å²) in [7, 11) is -4.47. The topological polar surface area (TPSA) is 71.4 Å². The third kappa shape index (κ3) is 3.91. The van der Waals surface area contributed by atoms with Crippen molar-refractivity contribution < 1.29 is 35.9 Å². The minimum absolute atomic E-state index is 0.565. The molecule has 1 unspecified atom stereocenters. The van der Waals surface area contributed by atoms with Gasteiger partial charge in [0.1, 0.15) is 5.82 Å². The lowest BCUT2D eigenvalue weighted by Crippen LogP contribution is -2.36. The molecule has 0 aliphatic heterocycles. The third-order valence-electron chi connectivity index (χ3n) is 2.25.